The van der Waals surface area contributed by atoms with E-state index in [2.05, 4.69) is 15.5 Å². The first-order valence-electron chi connectivity index (χ1n) is 6.37. The topological polar surface area (TPSA) is 75.2 Å². The molecule has 9 heteroatoms. The Bertz CT molecular complexity index is 723. The van der Waals surface area contributed by atoms with Crippen molar-refractivity contribution in [3.8, 4) is 0 Å². The maximum Gasteiger partial charge on any atom is 0.231 e. The molecular weight excluding hydrogens is 314 g/mol. The van der Waals surface area contributed by atoms with Gasteiger partial charge in [0.1, 0.15) is 17.1 Å². The highest BCUT2D eigenvalue weighted by Crippen LogP contribution is 2.28. The highest BCUT2D eigenvalue weighted by atomic mass is 32.1. The van der Waals surface area contributed by atoms with Gasteiger partial charge in [0.15, 0.2) is 0 Å². The molecule has 1 aliphatic heterocycles. The Hall–Kier alpha value is -2.42. The number of benzene rings is 1. The molecule has 6 nitrogen and oxygen atoms in total. The highest BCUT2D eigenvalue weighted by molar-refractivity contribution is 7.13. The predicted octanol–water partition coefficient (Wildman–Crippen LogP) is 1.81. The molecular formula is C13H10F2N4O2S. The summed E-state index contributed by atoms with van der Waals surface area (Å²) < 4.78 is 26.7. The van der Waals surface area contributed by atoms with E-state index in [0.717, 1.165) is 22.3 Å². The Labute approximate surface area is 127 Å². The summed E-state index contributed by atoms with van der Waals surface area (Å²) in [5.41, 5.74) is 1.44. The van der Waals surface area contributed by atoms with Gasteiger partial charge in [0, 0.05) is 19.0 Å². The summed E-state index contributed by atoms with van der Waals surface area (Å²) in [4.78, 5) is 25.2. The van der Waals surface area contributed by atoms with Crippen LogP contribution in [-0.2, 0) is 9.59 Å². The molecule has 2 amide bonds. The van der Waals surface area contributed by atoms with Gasteiger partial charge in [0.25, 0.3) is 0 Å². The van der Waals surface area contributed by atoms with Crippen LogP contribution in [-0.4, -0.2) is 28.6 Å². The Kier molecular flexibility index (Phi) is 3.80. The van der Waals surface area contributed by atoms with E-state index in [1.54, 1.807) is 0 Å². The Morgan fingerprint density at radius 2 is 2.23 bits per heavy atom. The summed E-state index contributed by atoms with van der Waals surface area (Å²) in [5.74, 6) is -2.95. The summed E-state index contributed by atoms with van der Waals surface area (Å²) in [6, 6.07) is 2.96. The molecule has 3 rings (SSSR count). The lowest BCUT2D eigenvalue weighted by Crippen LogP contribution is -2.28. The number of nitrogens with one attached hydrogen (secondary N) is 1. The number of anilines is 2. The monoisotopic (exact) mass is 324 g/mol. The fraction of sp³-hybridized carbons (Fsp3) is 0.231. The van der Waals surface area contributed by atoms with Crippen LogP contribution in [0.25, 0.3) is 0 Å². The van der Waals surface area contributed by atoms with Crippen LogP contribution >= 0.6 is 11.3 Å². The molecule has 0 saturated carbocycles. The van der Waals surface area contributed by atoms with Gasteiger partial charge in [0.05, 0.1) is 11.6 Å². The first kappa shape index (κ1) is 14.5. The second-order valence-corrected chi connectivity index (χ2v) is 5.57. The number of nitrogens with zero attached hydrogens (tertiary/aromatic N) is 3. The lowest BCUT2D eigenvalue weighted by atomic mass is 10.1. The second kappa shape index (κ2) is 5.76. The van der Waals surface area contributed by atoms with Crippen LogP contribution in [0.15, 0.2) is 23.7 Å². The molecule has 1 aliphatic rings. The largest absolute Gasteiger partial charge is 0.309 e. The summed E-state index contributed by atoms with van der Waals surface area (Å²) in [5, 5.41) is 10.2. The maximum absolute atomic E-state index is 13.8. The van der Waals surface area contributed by atoms with Crippen LogP contribution in [0.2, 0.25) is 0 Å². The number of hydrogen-bond acceptors (Lipinski definition) is 5. The molecule has 0 unspecified atom stereocenters. The van der Waals surface area contributed by atoms with E-state index in [1.807, 2.05) is 0 Å². The Morgan fingerprint density at radius 3 is 2.91 bits per heavy atom. The quantitative estimate of drug-likeness (QED) is 0.934. The molecule has 2 heterocycles. The van der Waals surface area contributed by atoms with Crippen LogP contribution in [0.1, 0.15) is 6.42 Å². The van der Waals surface area contributed by atoms with Crippen LogP contribution in [0.4, 0.5) is 19.6 Å². The zero-order chi connectivity index (χ0) is 15.7. The first-order chi connectivity index (χ1) is 10.5. The molecule has 22 heavy (non-hydrogen) atoms. The lowest BCUT2D eigenvalue weighted by molar-refractivity contribution is -0.122. The second-order valence-electron chi connectivity index (χ2n) is 4.73. The minimum absolute atomic E-state index is 0.0300. The molecule has 1 aromatic carbocycles. The molecule has 1 atom stereocenters. The maximum atomic E-state index is 13.8. The Balaban J connectivity index is 1.74. The number of carbonyl (C=O) groups excluding carboxylic acids is 2. The van der Waals surface area contributed by atoms with Gasteiger partial charge in [-0.05, 0) is 12.1 Å². The highest BCUT2D eigenvalue weighted by Gasteiger charge is 2.36. The van der Waals surface area contributed by atoms with Crippen LogP contribution < -0.4 is 10.2 Å². The molecule has 1 saturated heterocycles. The number of amides is 2. The van der Waals surface area contributed by atoms with Gasteiger partial charge < -0.3 is 10.2 Å². The molecule has 0 spiro atoms. The molecule has 114 valence electrons. The number of aromatic nitrogens is 2. The zero-order valence-electron chi connectivity index (χ0n) is 11.1. The van der Waals surface area contributed by atoms with Gasteiger partial charge in [-0.2, -0.15) is 0 Å². The van der Waals surface area contributed by atoms with Crippen molar-refractivity contribution in [3.63, 3.8) is 0 Å². The summed E-state index contributed by atoms with van der Waals surface area (Å²) in [6.07, 6.45) is -0.0402. The van der Waals surface area contributed by atoms with Gasteiger partial charge >= 0.3 is 0 Å². The van der Waals surface area contributed by atoms with E-state index in [0.29, 0.717) is 11.2 Å². The summed E-state index contributed by atoms with van der Waals surface area (Å²) in [6.45, 7) is 0.0338. The third-order valence-corrected chi connectivity index (χ3v) is 3.89. The average Bonchev–Trinajstić information content (AvgIpc) is 3.09. The molecule has 1 fully saturated rings. The zero-order valence-corrected chi connectivity index (χ0v) is 11.9. The Morgan fingerprint density at radius 1 is 1.41 bits per heavy atom. The fourth-order valence-corrected chi connectivity index (χ4v) is 2.70. The predicted molar refractivity (Wildman–Crippen MR) is 75.4 cm³/mol. The van der Waals surface area contributed by atoms with Gasteiger partial charge in [0.2, 0.25) is 16.9 Å². The number of rotatable bonds is 3. The molecule has 1 aromatic heterocycles. The van der Waals surface area contributed by atoms with Crippen molar-refractivity contribution in [1.29, 1.82) is 0 Å². The average molecular weight is 324 g/mol. The number of hydrogen-bond donors (Lipinski definition) is 1. The molecule has 0 aliphatic carbocycles. The van der Waals surface area contributed by atoms with E-state index in [4.69, 9.17) is 0 Å². The van der Waals surface area contributed by atoms with Gasteiger partial charge in [-0.1, -0.05) is 11.3 Å². The van der Waals surface area contributed by atoms with E-state index < -0.39 is 17.6 Å². The van der Waals surface area contributed by atoms with Gasteiger partial charge in [-0.3, -0.25) is 9.59 Å². The number of halogens is 2. The molecule has 0 radical (unpaired) electrons. The first-order valence-corrected chi connectivity index (χ1v) is 7.25. The van der Waals surface area contributed by atoms with Crippen LogP contribution in [0, 0.1) is 17.6 Å². The normalized spacial score (nSPS) is 17.8. The van der Waals surface area contributed by atoms with Crippen molar-refractivity contribution >= 4 is 34.0 Å². The van der Waals surface area contributed by atoms with Crippen molar-refractivity contribution < 1.29 is 18.4 Å². The minimum Gasteiger partial charge on any atom is -0.309 e. The smallest absolute Gasteiger partial charge is 0.231 e. The SMILES string of the molecule is O=C(Nc1nncs1)[C@H]1CC(=O)N(c2ccc(F)cc2F)C1. The van der Waals surface area contributed by atoms with Crippen LogP contribution in [0.3, 0.4) is 0 Å². The van der Waals surface area contributed by atoms with E-state index in [1.165, 1.54) is 11.6 Å². The standard InChI is InChI=1S/C13H10F2N4O2S/c14-8-1-2-10(9(15)4-8)19-5-7(3-11(19)20)12(21)17-13-18-16-6-22-13/h1-2,4,6-7H,3,5H2,(H,17,18,21)/t7-/m0/s1. The van der Waals surface area contributed by atoms with Gasteiger partial charge in [-0.25, -0.2) is 8.78 Å². The van der Waals surface area contributed by atoms with Crippen molar-refractivity contribution in [2.45, 2.75) is 6.42 Å². The third-order valence-electron chi connectivity index (χ3n) is 3.29. The lowest BCUT2D eigenvalue weighted by Gasteiger charge is -2.17. The van der Waals surface area contributed by atoms with E-state index in [9.17, 15) is 18.4 Å². The number of carbonyl (C=O) groups is 2. The van der Waals surface area contributed by atoms with Crippen molar-refractivity contribution in [2.75, 3.05) is 16.8 Å². The van der Waals surface area contributed by atoms with Crippen molar-refractivity contribution in [3.05, 3.63) is 35.3 Å². The molecule has 0 bridgehead atoms. The van der Waals surface area contributed by atoms with E-state index >= 15 is 0 Å². The van der Waals surface area contributed by atoms with Crippen molar-refractivity contribution in [1.82, 2.24) is 10.2 Å². The molecule has 1 N–H and O–H groups in total. The van der Waals surface area contributed by atoms with Crippen LogP contribution in [0.5, 0.6) is 0 Å². The summed E-state index contributed by atoms with van der Waals surface area (Å²) in [7, 11) is 0. The minimum atomic E-state index is -0.835. The summed E-state index contributed by atoms with van der Waals surface area (Å²) >= 11 is 1.16. The molecule has 2 aromatic rings. The fourth-order valence-electron chi connectivity index (χ4n) is 2.25. The van der Waals surface area contributed by atoms with Crippen molar-refractivity contribution in [2.24, 2.45) is 5.92 Å². The third kappa shape index (κ3) is 2.80. The van der Waals surface area contributed by atoms with E-state index in [-0.39, 0.29) is 30.5 Å². The van der Waals surface area contributed by atoms with Gasteiger partial charge in [-0.15, -0.1) is 10.2 Å².